The highest BCUT2D eigenvalue weighted by Crippen LogP contribution is 2.43. The zero-order valence-electron chi connectivity index (χ0n) is 10.2. The topological polar surface area (TPSA) is 35.2 Å². The Morgan fingerprint density at radius 3 is 2.56 bits per heavy atom. The molecule has 0 amide bonds. The summed E-state index contributed by atoms with van der Waals surface area (Å²) in [6, 6.07) is 3.94. The van der Waals surface area contributed by atoms with Crippen molar-refractivity contribution in [3.8, 4) is 0 Å². The molecule has 2 N–H and O–H groups in total. The fourth-order valence-electron chi connectivity index (χ4n) is 2.91. The predicted octanol–water partition coefficient (Wildman–Crippen LogP) is 2.40. The Morgan fingerprint density at radius 1 is 1.28 bits per heavy atom. The van der Waals surface area contributed by atoms with Crippen LogP contribution < -0.4 is 5.73 Å². The zero-order valence-corrected chi connectivity index (χ0v) is 10.2. The first-order valence-corrected chi connectivity index (χ1v) is 6.43. The maximum atomic E-state index is 13.7. The first-order valence-electron chi connectivity index (χ1n) is 6.43. The van der Waals surface area contributed by atoms with Gasteiger partial charge in [0.2, 0.25) is 0 Å². The van der Waals surface area contributed by atoms with Crippen LogP contribution in [0.3, 0.4) is 0 Å². The molecule has 0 radical (unpaired) electrons. The van der Waals surface area contributed by atoms with E-state index in [0.29, 0.717) is 18.9 Å². The molecule has 18 heavy (non-hydrogen) atoms. The Labute approximate surface area is 105 Å². The minimum absolute atomic E-state index is 0.0449. The summed E-state index contributed by atoms with van der Waals surface area (Å²) in [6.07, 6.45) is 3.07. The smallest absolute Gasteiger partial charge is 0.129 e. The molecule has 2 aliphatic rings. The van der Waals surface area contributed by atoms with E-state index < -0.39 is 17.2 Å². The van der Waals surface area contributed by atoms with Crippen LogP contribution >= 0.6 is 0 Å². The molecule has 1 aromatic rings. The number of ether oxygens (including phenoxy) is 1. The van der Waals surface area contributed by atoms with Crippen molar-refractivity contribution in [2.45, 2.75) is 37.3 Å². The number of benzene rings is 1. The molecule has 2 nitrogen and oxygen atoms in total. The molecule has 1 saturated heterocycles. The summed E-state index contributed by atoms with van der Waals surface area (Å²) in [5.41, 5.74) is 5.83. The molecular formula is C14H17F2NO. The summed E-state index contributed by atoms with van der Waals surface area (Å²) in [4.78, 5) is 0. The van der Waals surface area contributed by atoms with Gasteiger partial charge < -0.3 is 10.5 Å². The van der Waals surface area contributed by atoms with E-state index in [-0.39, 0.29) is 18.1 Å². The summed E-state index contributed by atoms with van der Waals surface area (Å²) in [7, 11) is 0. The highest BCUT2D eigenvalue weighted by atomic mass is 19.1. The second-order valence-corrected chi connectivity index (χ2v) is 5.49. The number of rotatable bonds is 3. The summed E-state index contributed by atoms with van der Waals surface area (Å²) in [5, 5.41) is 0. The minimum Gasteiger partial charge on any atom is -0.376 e. The van der Waals surface area contributed by atoms with Gasteiger partial charge in [-0.15, -0.1) is 0 Å². The summed E-state index contributed by atoms with van der Waals surface area (Å²) >= 11 is 0. The van der Waals surface area contributed by atoms with Crippen molar-refractivity contribution in [3.63, 3.8) is 0 Å². The Morgan fingerprint density at radius 2 is 1.94 bits per heavy atom. The van der Waals surface area contributed by atoms with Gasteiger partial charge in [0.15, 0.2) is 0 Å². The lowest BCUT2D eigenvalue weighted by Gasteiger charge is -2.30. The Balaban J connectivity index is 1.86. The first kappa shape index (κ1) is 12.1. The van der Waals surface area contributed by atoms with E-state index in [1.807, 2.05) is 0 Å². The number of hydrogen-bond acceptors (Lipinski definition) is 2. The highest BCUT2D eigenvalue weighted by molar-refractivity contribution is 5.24. The van der Waals surface area contributed by atoms with Gasteiger partial charge in [-0.25, -0.2) is 8.78 Å². The van der Waals surface area contributed by atoms with Gasteiger partial charge >= 0.3 is 0 Å². The van der Waals surface area contributed by atoms with Crippen LogP contribution in [0.2, 0.25) is 0 Å². The molecule has 3 rings (SSSR count). The van der Waals surface area contributed by atoms with Crippen LogP contribution in [0.4, 0.5) is 8.78 Å². The summed E-state index contributed by atoms with van der Waals surface area (Å²) in [6.45, 7) is 0.591. The lowest BCUT2D eigenvalue weighted by Crippen LogP contribution is -2.50. The van der Waals surface area contributed by atoms with Crippen LogP contribution in [0, 0.1) is 17.6 Å². The van der Waals surface area contributed by atoms with E-state index in [4.69, 9.17) is 10.5 Å². The Kier molecular flexibility index (Phi) is 2.87. The molecule has 0 spiro atoms. The fraction of sp³-hybridized carbons (Fsp3) is 0.571. The van der Waals surface area contributed by atoms with Crippen LogP contribution in [0.5, 0.6) is 0 Å². The van der Waals surface area contributed by atoms with Gasteiger partial charge in [0, 0.05) is 17.7 Å². The Bertz CT molecular complexity index is 441. The van der Waals surface area contributed by atoms with Gasteiger partial charge in [-0.2, -0.15) is 0 Å². The van der Waals surface area contributed by atoms with E-state index in [1.54, 1.807) is 0 Å². The average Bonchev–Trinajstić information content (AvgIpc) is 3.09. The van der Waals surface area contributed by atoms with E-state index in [0.717, 1.165) is 12.8 Å². The fourth-order valence-corrected chi connectivity index (χ4v) is 2.91. The molecule has 1 aromatic carbocycles. The molecule has 0 bridgehead atoms. The largest absolute Gasteiger partial charge is 0.376 e. The van der Waals surface area contributed by atoms with Crippen molar-refractivity contribution in [2.75, 3.05) is 6.61 Å². The van der Waals surface area contributed by atoms with Crippen molar-refractivity contribution in [1.29, 1.82) is 0 Å². The summed E-state index contributed by atoms with van der Waals surface area (Å²) < 4.78 is 33.0. The van der Waals surface area contributed by atoms with Gasteiger partial charge in [-0.1, -0.05) is 6.07 Å². The van der Waals surface area contributed by atoms with Gasteiger partial charge in [0.05, 0.1) is 6.10 Å². The van der Waals surface area contributed by atoms with Gasteiger partial charge in [-0.05, 0) is 43.7 Å². The number of nitrogens with two attached hydrogens (primary N) is 1. The van der Waals surface area contributed by atoms with E-state index in [2.05, 4.69) is 0 Å². The van der Waals surface area contributed by atoms with Crippen LogP contribution in [-0.2, 0) is 11.2 Å². The third-order valence-electron chi connectivity index (χ3n) is 4.05. The highest BCUT2D eigenvalue weighted by Gasteiger charge is 2.49. The lowest BCUT2D eigenvalue weighted by molar-refractivity contribution is 0.0622. The molecule has 0 aromatic heterocycles. The zero-order chi connectivity index (χ0) is 12.8. The second kappa shape index (κ2) is 4.28. The number of hydrogen-bond donors (Lipinski definition) is 1. The van der Waals surface area contributed by atoms with Crippen LogP contribution in [0.15, 0.2) is 18.2 Å². The quantitative estimate of drug-likeness (QED) is 0.897. The van der Waals surface area contributed by atoms with Crippen LogP contribution in [-0.4, -0.2) is 18.2 Å². The SMILES string of the molecule is NC1(Cc2c(F)cccc2F)CCOC1C1CC1. The third-order valence-corrected chi connectivity index (χ3v) is 4.05. The van der Waals surface area contributed by atoms with Crippen molar-refractivity contribution < 1.29 is 13.5 Å². The van der Waals surface area contributed by atoms with Crippen molar-refractivity contribution >= 4 is 0 Å². The van der Waals surface area contributed by atoms with Crippen LogP contribution in [0.25, 0.3) is 0 Å². The molecule has 4 heteroatoms. The Hall–Kier alpha value is -1.00. The molecule has 2 unspecified atom stereocenters. The lowest BCUT2D eigenvalue weighted by atomic mass is 9.83. The standard InChI is InChI=1S/C14H17F2NO/c15-11-2-1-3-12(16)10(11)8-14(17)6-7-18-13(14)9-4-5-9/h1-3,9,13H,4-8,17H2. The minimum atomic E-state index is -0.621. The molecular weight excluding hydrogens is 236 g/mol. The predicted molar refractivity (Wildman–Crippen MR) is 64.1 cm³/mol. The molecule has 1 aliphatic heterocycles. The molecule has 1 aliphatic carbocycles. The number of halogens is 2. The molecule has 98 valence electrons. The van der Waals surface area contributed by atoms with Gasteiger partial charge in [0.25, 0.3) is 0 Å². The maximum Gasteiger partial charge on any atom is 0.129 e. The van der Waals surface area contributed by atoms with E-state index >= 15 is 0 Å². The normalized spacial score (nSPS) is 31.8. The van der Waals surface area contributed by atoms with Crippen molar-refractivity contribution in [2.24, 2.45) is 11.7 Å². The van der Waals surface area contributed by atoms with Gasteiger partial charge in [0.1, 0.15) is 11.6 Å². The second-order valence-electron chi connectivity index (χ2n) is 5.49. The van der Waals surface area contributed by atoms with Crippen LogP contribution in [0.1, 0.15) is 24.8 Å². The van der Waals surface area contributed by atoms with E-state index in [9.17, 15) is 8.78 Å². The molecule has 2 fully saturated rings. The summed E-state index contributed by atoms with van der Waals surface area (Å²) in [5.74, 6) is -0.546. The first-order chi connectivity index (χ1) is 8.60. The molecule has 1 saturated carbocycles. The monoisotopic (exact) mass is 253 g/mol. The maximum absolute atomic E-state index is 13.7. The van der Waals surface area contributed by atoms with E-state index in [1.165, 1.54) is 18.2 Å². The van der Waals surface area contributed by atoms with Crippen molar-refractivity contribution in [3.05, 3.63) is 35.4 Å². The molecule has 1 heterocycles. The average molecular weight is 253 g/mol. The molecule has 2 atom stereocenters. The third kappa shape index (κ3) is 2.04. The van der Waals surface area contributed by atoms with Crippen molar-refractivity contribution in [1.82, 2.24) is 0 Å². The van der Waals surface area contributed by atoms with Gasteiger partial charge in [-0.3, -0.25) is 0 Å².